The van der Waals surface area contributed by atoms with Crippen molar-refractivity contribution in [2.75, 3.05) is 0 Å². The Kier molecular flexibility index (Phi) is 5.26. The average molecular weight is 350 g/mol. The average Bonchev–Trinajstić information content (AvgIpc) is 2.51. The Labute approximate surface area is 137 Å². The minimum absolute atomic E-state index is 0.245. The van der Waals surface area contributed by atoms with Crippen molar-refractivity contribution in [2.24, 2.45) is 0 Å². The quantitative estimate of drug-likeness (QED) is 0.894. The highest BCUT2D eigenvalue weighted by molar-refractivity contribution is 7.89. The van der Waals surface area contributed by atoms with Crippen molar-refractivity contribution in [3.63, 3.8) is 0 Å². The van der Waals surface area contributed by atoms with Crippen LogP contribution in [-0.2, 0) is 27.0 Å². The second kappa shape index (κ2) is 7.19. The molecule has 0 atom stereocenters. The normalized spacial score (nSPS) is 10.9. The van der Waals surface area contributed by atoms with Gasteiger partial charge in [0.25, 0.3) is 0 Å². The second-order valence-electron chi connectivity index (χ2n) is 4.97. The van der Waals surface area contributed by atoms with E-state index in [4.69, 9.17) is 5.26 Å². The van der Waals surface area contributed by atoms with Crippen molar-refractivity contribution in [1.82, 2.24) is 4.72 Å². The van der Waals surface area contributed by atoms with Gasteiger partial charge in [0.15, 0.2) is 0 Å². The molecule has 0 spiro atoms. The number of nitrogens with zero attached hydrogens (tertiary/aromatic N) is 1. The van der Waals surface area contributed by atoms with E-state index in [0.29, 0.717) is 11.1 Å². The maximum atomic E-state index is 13.5. The molecule has 124 valence electrons. The molecule has 2 rings (SSSR count). The largest absolute Gasteiger partial charge is 0.274 e. The first-order chi connectivity index (χ1) is 11.3. The SMILES string of the molecule is N#Cc1ccc(CC(=O)NS(=O)(=O)Cc2c(F)cccc2F)cc1. The lowest BCUT2D eigenvalue weighted by atomic mass is 10.1. The zero-order valence-corrected chi connectivity index (χ0v) is 13.1. The first-order valence-corrected chi connectivity index (χ1v) is 8.41. The molecule has 0 aromatic heterocycles. The Bertz CT molecular complexity index is 884. The molecule has 0 saturated heterocycles. The number of nitriles is 1. The molecule has 24 heavy (non-hydrogen) atoms. The van der Waals surface area contributed by atoms with Crippen molar-refractivity contribution >= 4 is 15.9 Å². The van der Waals surface area contributed by atoms with Crippen molar-refractivity contribution in [2.45, 2.75) is 12.2 Å². The van der Waals surface area contributed by atoms with Gasteiger partial charge in [-0.05, 0) is 29.8 Å². The van der Waals surface area contributed by atoms with Crippen LogP contribution in [0.3, 0.4) is 0 Å². The molecule has 0 saturated carbocycles. The van der Waals surface area contributed by atoms with Crippen LogP contribution in [-0.4, -0.2) is 14.3 Å². The fraction of sp³-hybridized carbons (Fsp3) is 0.125. The Morgan fingerprint density at radius 1 is 1.08 bits per heavy atom. The van der Waals surface area contributed by atoms with Gasteiger partial charge in [-0.15, -0.1) is 0 Å². The molecule has 0 radical (unpaired) electrons. The second-order valence-corrected chi connectivity index (χ2v) is 6.69. The molecular formula is C16H12F2N2O3S. The van der Waals surface area contributed by atoms with E-state index in [2.05, 4.69) is 0 Å². The summed E-state index contributed by atoms with van der Waals surface area (Å²) in [7, 11) is -4.24. The van der Waals surface area contributed by atoms with Crippen LogP contribution < -0.4 is 4.72 Å². The van der Waals surface area contributed by atoms with E-state index in [1.165, 1.54) is 24.3 Å². The summed E-state index contributed by atoms with van der Waals surface area (Å²) in [6.45, 7) is 0. The maximum absolute atomic E-state index is 13.5. The van der Waals surface area contributed by atoms with E-state index in [-0.39, 0.29) is 6.42 Å². The first kappa shape index (κ1) is 17.6. The molecule has 1 amide bonds. The van der Waals surface area contributed by atoms with Gasteiger partial charge < -0.3 is 0 Å². The summed E-state index contributed by atoms with van der Waals surface area (Å²) in [4.78, 5) is 11.8. The Morgan fingerprint density at radius 3 is 2.21 bits per heavy atom. The third-order valence-electron chi connectivity index (χ3n) is 3.11. The molecule has 8 heteroatoms. The van der Waals surface area contributed by atoms with E-state index in [0.717, 1.165) is 18.2 Å². The molecule has 0 aliphatic rings. The molecule has 5 nitrogen and oxygen atoms in total. The van der Waals surface area contributed by atoms with E-state index in [9.17, 15) is 22.0 Å². The van der Waals surface area contributed by atoms with Crippen LogP contribution in [0.1, 0.15) is 16.7 Å². The van der Waals surface area contributed by atoms with E-state index in [1.54, 1.807) is 4.72 Å². The minimum atomic E-state index is -4.24. The van der Waals surface area contributed by atoms with Gasteiger partial charge in [0.05, 0.1) is 18.1 Å². The van der Waals surface area contributed by atoms with Crippen molar-refractivity contribution in [3.05, 3.63) is 70.8 Å². The number of amides is 1. The van der Waals surface area contributed by atoms with E-state index >= 15 is 0 Å². The zero-order chi connectivity index (χ0) is 17.7. The third-order valence-corrected chi connectivity index (χ3v) is 4.32. The third kappa shape index (κ3) is 4.60. The predicted octanol–water partition coefficient (Wildman–Crippen LogP) is 2.03. The summed E-state index contributed by atoms with van der Waals surface area (Å²) >= 11 is 0. The van der Waals surface area contributed by atoms with E-state index < -0.39 is 38.9 Å². The topological polar surface area (TPSA) is 87.0 Å². The summed E-state index contributed by atoms with van der Waals surface area (Å²) in [6.07, 6.45) is -0.245. The fourth-order valence-corrected chi connectivity index (χ4v) is 3.14. The van der Waals surface area contributed by atoms with E-state index in [1.807, 2.05) is 6.07 Å². The number of carbonyl (C=O) groups is 1. The van der Waals surface area contributed by atoms with Crippen molar-refractivity contribution in [3.8, 4) is 6.07 Å². The fourth-order valence-electron chi connectivity index (χ4n) is 1.99. The summed E-state index contributed by atoms with van der Waals surface area (Å²) in [6, 6.07) is 10.9. The van der Waals surface area contributed by atoms with Crippen LogP contribution in [0.15, 0.2) is 42.5 Å². The molecule has 0 bridgehead atoms. The molecule has 0 heterocycles. The van der Waals surface area contributed by atoms with Gasteiger partial charge in [-0.25, -0.2) is 17.2 Å². The van der Waals surface area contributed by atoms with Crippen LogP contribution in [0.5, 0.6) is 0 Å². The van der Waals surface area contributed by atoms with Gasteiger partial charge in [-0.3, -0.25) is 9.52 Å². The van der Waals surface area contributed by atoms with Gasteiger partial charge in [-0.2, -0.15) is 5.26 Å². The molecule has 2 aromatic rings. The van der Waals surface area contributed by atoms with Crippen LogP contribution in [0, 0.1) is 23.0 Å². The predicted molar refractivity (Wildman–Crippen MR) is 82.0 cm³/mol. The van der Waals surface area contributed by atoms with Gasteiger partial charge in [0, 0.05) is 5.56 Å². The molecular weight excluding hydrogens is 338 g/mol. The lowest BCUT2D eigenvalue weighted by Gasteiger charge is -2.08. The van der Waals surface area contributed by atoms with Gasteiger partial charge in [0.2, 0.25) is 15.9 Å². The van der Waals surface area contributed by atoms with Crippen LogP contribution >= 0.6 is 0 Å². The molecule has 0 fully saturated rings. The van der Waals surface area contributed by atoms with Crippen LogP contribution in [0.25, 0.3) is 0 Å². The molecule has 1 N–H and O–H groups in total. The first-order valence-electron chi connectivity index (χ1n) is 6.76. The van der Waals surface area contributed by atoms with Crippen LogP contribution in [0.4, 0.5) is 8.78 Å². The Balaban J connectivity index is 2.05. The number of hydrogen-bond donors (Lipinski definition) is 1. The number of carbonyl (C=O) groups excluding carboxylic acids is 1. The van der Waals surface area contributed by atoms with Gasteiger partial charge in [-0.1, -0.05) is 18.2 Å². The highest BCUT2D eigenvalue weighted by Gasteiger charge is 2.20. The number of nitrogens with one attached hydrogen (secondary N) is 1. The monoisotopic (exact) mass is 350 g/mol. The van der Waals surface area contributed by atoms with Crippen LogP contribution in [0.2, 0.25) is 0 Å². The number of benzene rings is 2. The highest BCUT2D eigenvalue weighted by atomic mass is 32.2. The Morgan fingerprint density at radius 2 is 1.67 bits per heavy atom. The van der Waals surface area contributed by atoms with Crippen molar-refractivity contribution < 1.29 is 22.0 Å². The molecule has 0 aliphatic heterocycles. The van der Waals surface area contributed by atoms with Gasteiger partial charge >= 0.3 is 0 Å². The summed E-state index contributed by atoms with van der Waals surface area (Å²) in [5, 5.41) is 8.68. The van der Waals surface area contributed by atoms with Crippen molar-refractivity contribution in [1.29, 1.82) is 5.26 Å². The Hall–Kier alpha value is -2.79. The highest BCUT2D eigenvalue weighted by Crippen LogP contribution is 2.15. The zero-order valence-electron chi connectivity index (χ0n) is 12.3. The number of hydrogen-bond acceptors (Lipinski definition) is 4. The molecule has 0 aliphatic carbocycles. The number of sulfonamides is 1. The molecule has 2 aromatic carbocycles. The minimum Gasteiger partial charge on any atom is -0.274 e. The number of rotatable bonds is 5. The maximum Gasteiger partial charge on any atom is 0.239 e. The summed E-state index contributed by atoms with van der Waals surface area (Å²) < 4.78 is 52.6. The summed E-state index contributed by atoms with van der Waals surface area (Å²) in [5.74, 6) is -3.82. The number of halogens is 2. The van der Waals surface area contributed by atoms with Gasteiger partial charge in [0.1, 0.15) is 17.4 Å². The smallest absolute Gasteiger partial charge is 0.239 e. The lowest BCUT2D eigenvalue weighted by Crippen LogP contribution is -2.33. The molecule has 0 unspecified atom stereocenters. The standard InChI is InChI=1S/C16H12F2N2O3S/c17-14-2-1-3-15(18)13(14)10-24(22,23)20-16(21)8-11-4-6-12(9-19)7-5-11/h1-7H,8,10H2,(H,20,21). The summed E-state index contributed by atoms with van der Waals surface area (Å²) in [5.41, 5.74) is 0.275. The lowest BCUT2D eigenvalue weighted by molar-refractivity contribution is -0.118.